The van der Waals surface area contributed by atoms with Gasteiger partial charge in [-0.2, -0.15) is 4.98 Å². The molecule has 0 radical (unpaired) electrons. The molecule has 3 heterocycles. The molecule has 1 amide bonds. The zero-order chi connectivity index (χ0) is 20.1. The Labute approximate surface area is 171 Å². The number of piperidine rings is 1. The van der Waals surface area contributed by atoms with Crippen LogP contribution in [-0.4, -0.2) is 53.1 Å². The maximum atomic E-state index is 12.1. The molecule has 3 aromatic rings. The van der Waals surface area contributed by atoms with Gasteiger partial charge in [0.1, 0.15) is 5.82 Å². The minimum Gasteiger partial charge on any atom is -0.380 e. The number of nitrogens with zero attached hydrogens (tertiary/aromatic N) is 4. The van der Waals surface area contributed by atoms with Crippen molar-refractivity contribution >= 4 is 28.5 Å². The first kappa shape index (κ1) is 19.6. The van der Waals surface area contributed by atoms with Gasteiger partial charge in [0, 0.05) is 38.9 Å². The van der Waals surface area contributed by atoms with Gasteiger partial charge in [0.05, 0.1) is 17.6 Å². The Morgan fingerprint density at radius 3 is 2.83 bits per heavy atom. The van der Waals surface area contributed by atoms with Crippen molar-refractivity contribution in [2.45, 2.75) is 32.6 Å². The molecule has 0 atom stereocenters. The van der Waals surface area contributed by atoms with Crippen LogP contribution in [0.3, 0.4) is 0 Å². The molecule has 4 rings (SSSR count). The number of para-hydroxylation sites is 2. The number of nitrogens with one attached hydrogen (secondary N) is 1. The molecular weight excluding hydrogens is 366 g/mol. The van der Waals surface area contributed by atoms with E-state index in [0.29, 0.717) is 25.5 Å². The van der Waals surface area contributed by atoms with Crippen LogP contribution in [0, 0.1) is 5.92 Å². The number of fused-ring (bicyclic) bond motifs is 3. The van der Waals surface area contributed by atoms with Gasteiger partial charge in [-0.05, 0) is 43.4 Å². The van der Waals surface area contributed by atoms with Crippen molar-refractivity contribution in [2.75, 3.05) is 37.7 Å². The highest BCUT2D eigenvalue weighted by molar-refractivity contribution is 5.79. The predicted octanol–water partition coefficient (Wildman–Crippen LogP) is 3.03. The second-order valence-corrected chi connectivity index (χ2v) is 7.65. The first-order chi connectivity index (χ1) is 14.2. The second-order valence-electron chi connectivity index (χ2n) is 7.65. The Bertz CT molecular complexity index is 962. The lowest BCUT2D eigenvalue weighted by molar-refractivity contribution is -0.122. The number of amides is 1. The van der Waals surface area contributed by atoms with Gasteiger partial charge in [-0.25, -0.2) is 4.98 Å². The molecule has 7 nitrogen and oxygen atoms in total. The molecular formula is C22H29N5O2. The average molecular weight is 396 g/mol. The molecule has 1 N–H and O–H groups in total. The molecule has 29 heavy (non-hydrogen) atoms. The van der Waals surface area contributed by atoms with Crippen molar-refractivity contribution in [1.29, 1.82) is 0 Å². The number of hydrogen-bond acceptors (Lipinski definition) is 5. The number of carbonyl (C=O) groups is 1. The monoisotopic (exact) mass is 395 g/mol. The van der Waals surface area contributed by atoms with E-state index in [0.717, 1.165) is 61.6 Å². The van der Waals surface area contributed by atoms with Crippen LogP contribution in [0.1, 0.15) is 32.6 Å². The Morgan fingerprint density at radius 1 is 1.17 bits per heavy atom. The van der Waals surface area contributed by atoms with Crippen LogP contribution in [0.4, 0.5) is 5.82 Å². The summed E-state index contributed by atoms with van der Waals surface area (Å²) < 4.78 is 7.43. The molecule has 0 aliphatic carbocycles. The number of ether oxygens (including phenoxy) is 1. The van der Waals surface area contributed by atoms with Gasteiger partial charge in [-0.15, -0.1) is 0 Å². The van der Waals surface area contributed by atoms with E-state index in [4.69, 9.17) is 9.72 Å². The summed E-state index contributed by atoms with van der Waals surface area (Å²) in [7, 11) is 0. The summed E-state index contributed by atoms with van der Waals surface area (Å²) in [6, 6.07) is 10.1. The zero-order valence-electron chi connectivity index (χ0n) is 17.0. The highest BCUT2D eigenvalue weighted by atomic mass is 16.5. The molecule has 7 heteroatoms. The minimum atomic E-state index is 0.132. The zero-order valence-corrected chi connectivity index (χ0v) is 17.0. The van der Waals surface area contributed by atoms with Crippen LogP contribution in [0.25, 0.3) is 16.8 Å². The van der Waals surface area contributed by atoms with Crippen molar-refractivity contribution < 1.29 is 9.53 Å². The van der Waals surface area contributed by atoms with Crippen molar-refractivity contribution in [3.63, 3.8) is 0 Å². The van der Waals surface area contributed by atoms with E-state index in [1.807, 2.05) is 28.8 Å². The van der Waals surface area contributed by atoms with Crippen LogP contribution >= 0.6 is 0 Å². The summed E-state index contributed by atoms with van der Waals surface area (Å²) in [5.41, 5.74) is 2.04. The summed E-state index contributed by atoms with van der Waals surface area (Å²) in [4.78, 5) is 23.8. The number of benzene rings is 1. The third-order valence-corrected chi connectivity index (χ3v) is 5.49. The molecule has 1 aliphatic heterocycles. The van der Waals surface area contributed by atoms with Crippen LogP contribution in [0.15, 0.2) is 36.5 Å². The van der Waals surface area contributed by atoms with E-state index in [9.17, 15) is 4.79 Å². The number of aromatic nitrogens is 3. The van der Waals surface area contributed by atoms with Crippen LogP contribution < -0.4 is 10.2 Å². The average Bonchev–Trinajstić information content (AvgIpc) is 3.12. The lowest BCUT2D eigenvalue weighted by Gasteiger charge is -2.32. The van der Waals surface area contributed by atoms with Crippen LogP contribution in [-0.2, 0) is 9.53 Å². The number of rotatable bonds is 8. The van der Waals surface area contributed by atoms with E-state index < -0.39 is 0 Å². The van der Waals surface area contributed by atoms with Crippen molar-refractivity contribution in [3.8, 4) is 0 Å². The molecule has 0 spiro atoms. The minimum absolute atomic E-state index is 0.132. The van der Waals surface area contributed by atoms with E-state index >= 15 is 0 Å². The number of imidazole rings is 1. The lowest BCUT2D eigenvalue weighted by Crippen LogP contribution is -2.37. The smallest absolute Gasteiger partial charge is 0.236 e. The van der Waals surface area contributed by atoms with Gasteiger partial charge >= 0.3 is 0 Å². The van der Waals surface area contributed by atoms with E-state index in [2.05, 4.69) is 34.3 Å². The van der Waals surface area contributed by atoms with Gasteiger partial charge in [0.15, 0.2) is 0 Å². The number of carbonyl (C=O) groups excluding carboxylic acids is 1. The fraction of sp³-hybridized carbons (Fsp3) is 0.500. The topological polar surface area (TPSA) is 71.8 Å². The number of anilines is 1. The first-order valence-electron chi connectivity index (χ1n) is 10.6. The summed E-state index contributed by atoms with van der Waals surface area (Å²) in [5.74, 6) is 2.26. The van der Waals surface area contributed by atoms with Gasteiger partial charge in [-0.1, -0.05) is 19.1 Å². The highest BCUT2D eigenvalue weighted by Crippen LogP contribution is 2.25. The van der Waals surface area contributed by atoms with Gasteiger partial charge < -0.3 is 15.0 Å². The van der Waals surface area contributed by atoms with E-state index in [1.54, 1.807) is 0 Å². The molecule has 1 aromatic carbocycles. The van der Waals surface area contributed by atoms with Crippen molar-refractivity contribution in [1.82, 2.24) is 19.7 Å². The largest absolute Gasteiger partial charge is 0.380 e. The molecule has 154 valence electrons. The second kappa shape index (κ2) is 9.22. The van der Waals surface area contributed by atoms with Crippen molar-refractivity contribution in [2.24, 2.45) is 5.92 Å². The summed E-state index contributed by atoms with van der Waals surface area (Å²) in [6.07, 6.45) is 5.66. The molecule has 1 saturated heterocycles. The standard InChI is InChI=1S/C22H29N5O2/c1-2-14-29-15-10-23-21(28)16-17-7-11-26(12-8-17)20-9-13-27-19-6-4-3-5-18(19)24-22(27)25-20/h3-6,9,13,17H,2,7-8,10-12,14-16H2,1H3,(H,23,28). The third kappa shape index (κ3) is 4.67. The van der Waals surface area contributed by atoms with Crippen LogP contribution in [0.5, 0.6) is 0 Å². The molecule has 0 unspecified atom stereocenters. The fourth-order valence-corrected chi connectivity index (χ4v) is 3.92. The van der Waals surface area contributed by atoms with Gasteiger partial charge in [-0.3, -0.25) is 9.20 Å². The normalized spacial score (nSPS) is 15.3. The molecule has 1 aliphatic rings. The maximum Gasteiger partial charge on any atom is 0.236 e. The summed E-state index contributed by atoms with van der Waals surface area (Å²) >= 11 is 0. The highest BCUT2D eigenvalue weighted by Gasteiger charge is 2.22. The predicted molar refractivity (Wildman–Crippen MR) is 114 cm³/mol. The molecule has 0 bridgehead atoms. The lowest BCUT2D eigenvalue weighted by atomic mass is 9.93. The summed E-state index contributed by atoms with van der Waals surface area (Å²) in [6.45, 7) is 5.86. The van der Waals surface area contributed by atoms with Gasteiger partial charge in [0.25, 0.3) is 0 Å². The Balaban J connectivity index is 1.29. The summed E-state index contributed by atoms with van der Waals surface area (Å²) in [5, 5.41) is 2.96. The van der Waals surface area contributed by atoms with E-state index in [-0.39, 0.29) is 5.91 Å². The van der Waals surface area contributed by atoms with Crippen molar-refractivity contribution in [3.05, 3.63) is 36.5 Å². The van der Waals surface area contributed by atoms with Crippen LogP contribution in [0.2, 0.25) is 0 Å². The Morgan fingerprint density at radius 2 is 2.00 bits per heavy atom. The number of hydrogen-bond donors (Lipinski definition) is 1. The van der Waals surface area contributed by atoms with Gasteiger partial charge in [0.2, 0.25) is 11.7 Å². The SMILES string of the molecule is CCCOCCNC(=O)CC1CCN(c2ccn3c(n2)nc2ccccc23)CC1. The molecule has 0 saturated carbocycles. The molecule has 2 aromatic heterocycles. The quantitative estimate of drug-likeness (QED) is 0.594. The van der Waals surface area contributed by atoms with E-state index in [1.165, 1.54) is 0 Å². The third-order valence-electron chi connectivity index (χ3n) is 5.49. The fourth-order valence-electron chi connectivity index (χ4n) is 3.92. The maximum absolute atomic E-state index is 12.1. The Kier molecular flexibility index (Phi) is 6.24. The first-order valence-corrected chi connectivity index (χ1v) is 10.6. The Hall–Kier alpha value is -2.67. The molecule has 1 fully saturated rings.